The molecule has 1 amide bonds. The van der Waals surface area contributed by atoms with Crippen LogP contribution in [0.5, 0.6) is 0 Å². The number of nitrogens with one attached hydrogen (secondary N) is 2. The Morgan fingerprint density at radius 2 is 2.16 bits per heavy atom. The minimum atomic E-state index is -0.147. The molecule has 2 fully saturated rings. The smallest absolute Gasteiger partial charge is 0.237 e. The van der Waals surface area contributed by atoms with E-state index in [1.54, 1.807) is 0 Å². The van der Waals surface area contributed by atoms with Crippen molar-refractivity contribution in [2.75, 3.05) is 26.3 Å². The van der Waals surface area contributed by atoms with Crippen molar-refractivity contribution >= 4 is 5.91 Å². The Labute approximate surface area is 148 Å². The third-order valence-electron chi connectivity index (χ3n) is 5.69. The summed E-state index contributed by atoms with van der Waals surface area (Å²) in [6.07, 6.45) is 2.50. The highest BCUT2D eigenvalue weighted by atomic mass is 16.5. The second-order valence-corrected chi connectivity index (χ2v) is 7.42. The quantitative estimate of drug-likeness (QED) is 0.719. The molecule has 4 rings (SSSR count). The van der Waals surface area contributed by atoms with E-state index in [4.69, 9.17) is 9.84 Å². The van der Waals surface area contributed by atoms with Gasteiger partial charge in [-0.15, -0.1) is 0 Å². The SMILES string of the molecule is O=C(N[C@H]1C[C@H]2CO[C@@H](CCO)CN2C1)[C@H]1Cc2ccccc2CN1. The fourth-order valence-corrected chi connectivity index (χ4v) is 4.31. The maximum atomic E-state index is 12.7. The molecule has 1 aromatic carbocycles. The maximum Gasteiger partial charge on any atom is 0.237 e. The monoisotopic (exact) mass is 345 g/mol. The van der Waals surface area contributed by atoms with Crippen molar-refractivity contribution in [1.29, 1.82) is 0 Å². The zero-order valence-corrected chi connectivity index (χ0v) is 14.5. The molecular weight excluding hydrogens is 318 g/mol. The van der Waals surface area contributed by atoms with Gasteiger partial charge in [-0.1, -0.05) is 24.3 Å². The van der Waals surface area contributed by atoms with Gasteiger partial charge in [0.2, 0.25) is 5.91 Å². The summed E-state index contributed by atoms with van der Waals surface area (Å²) in [6.45, 7) is 3.35. The topological polar surface area (TPSA) is 73.8 Å². The molecule has 0 aliphatic carbocycles. The number of fused-ring (bicyclic) bond motifs is 2. The van der Waals surface area contributed by atoms with Crippen molar-refractivity contribution in [2.24, 2.45) is 0 Å². The van der Waals surface area contributed by atoms with E-state index in [-0.39, 0.29) is 30.7 Å². The van der Waals surface area contributed by atoms with Crippen LogP contribution in [-0.2, 0) is 22.5 Å². The minimum Gasteiger partial charge on any atom is -0.396 e. The minimum absolute atomic E-state index is 0.104. The molecule has 6 nitrogen and oxygen atoms in total. The van der Waals surface area contributed by atoms with Gasteiger partial charge in [-0.05, 0) is 30.4 Å². The molecule has 3 heterocycles. The van der Waals surface area contributed by atoms with Crippen LogP contribution < -0.4 is 10.6 Å². The van der Waals surface area contributed by atoms with Crippen LogP contribution in [0.2, 0.25) is 0 Å². The molecule has 0 unspecified atom stereocenters. The molecule has 0 bridgehead atoms. The van der Waals surface area contributed by atoms with Crippen LogP contribution in [0.25, 0.3) is 0 Å². The molecular formula is C19H27N3O3. The molecule has 0 radical (unpaired) electrons. The van der Waals surface area contributed by atoms with Gasteiger partial charge in [-0.25, -0.2) is 0 Å². The van der Waals surface area contributed by atoms with Gasteiger partial charge >= 0.3 is 0 Å². The van der Waals surface area contributed by atoms with Crippen LogP contribution in [-0.4, -0.2) is 66.4 Å². The van der Waals surface area contributed by atoms with Crippen LogP contribution in [0.15, 0.2) is 24.3 Å². The van der Waals surface area contributed by atoms with Gasteiger partial charge in [-0.2, -0.15) is 0 Å². The van der Waals surface area contributed by atoms with Crippen LogP contribution in [0.4, 0.5) is 0 Å². The summed E-state index contributed by atoms with van der Waals surface area (Å²) in [4.78, 5) is 15.1. The Bertz CT molecular complexity index is 624. The average molecular weight is 345 g/mol. The first-order valence-electron chi connectivity index (χ1n) is 9.30. The number of benzene rings is 1. The lowest BCUT2D eigenvalue weighted by atomic mass is 9.95. The van der Waals surface area contributed by atoms with Crippen molar-refractivity contribution in [2.45, 2.75) is 50.0 Å². The summed E-state index contributed by atoms with van der Waals surface area (Å²) >= 11 is 0. The van der Waals surface area contributed by atoms with Gasteiger partial charge < -0.3 is 20.5 Å². The molecule has 0 spiro atoms. The van der Waals surface area contributed by atoms with Crippen molar-refractivity contribution < 1.29 is 14.6 Å². The number of hydrogen-bond acceptors (Lipinski definition) is 5. The molecule has 25 heavy (non-hydrogen) atoms. The predicted octanol–water partition coefficient (Wildman–Crippen LogP) is 0.0412. The van der Waals surface area contributed by atoms with E-state index in [0.717, 1.165) is 32.5 Å². The molecule has 4 atom stereocenters. The van der Waals surface area contributed by atoms with E-state index >= 15 is 0 Å². The Morgan fingerprint density at radius 1 is 1.32 bits per heavy atom. The Morgan fingerprint density at radius 3 is 3.00 bits per heavy atom. The largest absolute Gasteiger partial charge is 0.396 e. The van der Waals surface area contributed by atoms with Crippen LogP contribution >= 0.6 is 0 Å². The summed E-state index contributed by atoms with van der Waals surface area (Å²) in [7, 11) is 0. The van der Waals surface area contributed by atoms with E-state index in [0.29, 0.717) is 19.1 Å². The van der Waals surface area contributed by atoms with Gasteiger partial charge in [0.05, 0.1) is 18.8 Å². The summed E-state index contributed by atoms with van der Waals surface area (Å²) in [5, 5.41) is 15.7. The lowest BCUT2D eigenvalue weighted by molar-refractivity contribution is -0.124. The maximum absolute atomic E-state index is 12.7. The van der Waals surface area contributed by atoms with E-state index in [2.05, 4.69) is 27.7 Å². The number of rotatable bonds is 4. The Hall–Kier alpha value is -1.47. The highest BCUT2D eigenvalue weighted by molar-refractivity contribution is 5.82. The lowest BCUT2D eigenvalue weighted by Crippen LogP contribution is -2.51. The normalized spacial score (nSPS) is 32.0. The highest BCUT2D eigenvalue weighted by Crippen LogP contribution is 2.24. The Kier molecular flexibility index (Phi) is 5.03. The number of hydrogen-bond donors (Lipinski definition) is 3. The second kappa shape index (κ2) is 7.41. The molecule has 1 aromatic rings. The summed E-state index contributed by atoms with van der Waals surface area (Å²) in [5.41, 5.74) is 2.56. The Balaban J connectivity index is 1.31. The summed E-state index contributed by atoms with van der Waals surface area (Å²) < 4.78 is 5.81. The summed E-state index contributed by atoms with van der Waals surface area (Å²) in [6, 6.07) is 8.75. The standard InChI is InChI=1S/C19H27N3O3/c23-6-5-17-11-22-10-15(8-16(22)12-25-17)21-19(24)18-7-13-3-1-2-4-14(13)9-20-18/h1-4,15-18,20,23H,5-12H2,(H,21,24)/t15-,16-,17-,18+/m0/s1. The molecule has 3 aliphatic heterocycles. The van der Waals surface area contributed by atoms with Gasteiger partial charge in [-0.3, -0.25) is 9.69 Å². The van der Waals surface area contributed by atoms with E-state index in [1.165, 1.54) is 11.1 Å². The van der Waals surface area contributed by atoms with Gasteiger partial charge in [0.15, 0.2) is 0 Å². The zero-order chi connectivity index (χ0) is 17.2. The van der Waals surface area contributed by atoms with Crippen molar-refractivity contribution in [3.63, 3.8) is 0 Å². The first-order chi connectivity index (χ1) is 12.2. The fraction of sp³-hybridized carbons (Fsp3) is 0.632. The van der Waals surface area contributed by atoms with Crippen molar-refractivity contribution in [1.82, 2.24) is 15.5 Å². The first-order valence-corrected chi connectivity index (χ1v) is 9.30. The third-order valence-corrected chi connectivity index (χ3v) is 5.69. The molecule has 6 heteroatoms. The number of morpholine rings is 1. The van der Waals surface area contributed by atoms with E-state index in [1.807, 2.05) is 12.1 Å². The second-order valence-electron chi connectivity index (χ2n) is 7.42. The number of amides is 1. The average Bonchev–Trinajstić information content (AvgIpc) is 3.03. The van der Waals surface area contributed by atoms with E-state index < -0.39 is 0 Å². The van der Waals surface area contributed by atoms with Gasteiger partial charge in [0.25, 0.3) is 0 Å². The predicted molar refractivity (Wildman–Crippen MR) is 94.1 cm³/mol. The molecule has 2 saturated heterocycles. The van der Waals surface area contributed by atoms with Crippen LogP contribution in [0.1, 0.15) is 24.0 Å². The molecule has 3 N–H and O–H groups in total. The number of nitrogens with zero attached hydrogens (tertiary/aromatic N) is 1. The van der Waals surface area contributed by atoms with Crippen LogP contribution in [0.3, 0.4) is 0 Å². The molecule has 0 aromatic heterocycles. The third kappa shape index (κ3) is 3.72. The first kappa shape index (κ1) is 17.0. The number of carbonyl (C=O) groups excluding carboxylic acids is 1. The summed E-state index contributed by atoms with van der Waals surface area (Å²) in [5.74, 6) is 0.104. The van der Waals surface area contributed by atoms with Crippen molar-refractivity contribution in [3.8, 4) is 0 Å². The fourth-order valence-electron chi connectivity index (χ4n) is 4.31. The van der Waals surface area contributed by atoms with Crippen LogP contribution in [0, 0.1) is 0 Å². The lowest BCUT2D eigenvalue weighted by Gasteiger charge is -2.34. The van der Waals surface area contributed by atoms with Crippen molar-refractivity contribution in [3.05, 3.63) is 35.4 Å². The number of aliphatic hydroxyl groups is 1. The van der Waals surface area contributed by atoms with Gasteiger partial charge in [0.1, 0.15) is 0 Å². The molecule has 3 aliphatic rings. The molecule has 0 saturated carbocycles. The van der Waals surface area contributed by atoms with Gasteiger partial charge in [0, 0.05) is 38.3 Å². The number of carbonyl (C=O) groups is 1. The van der Waals surface area contributed by atoms with E-state index in [9.17, 15) is 4.79 Å². The highest BCUT2D eigenvalue weighted by Gasteiger charge is 2.38. The molecule has 136 valence electrons. The number of aliphatic hydroxyl groups excluding tert-OH is 1. The zero-order valence-electron chi connectivity index (χ0n) is 14.5. The number of ether oxygens (including phenoxy) is 1.